The molecule has 126 valence electrons. The minimum Gasteiger partial charge on any atom is -0.379 e. The number of amides is 1. The lowest BCUT2D eigenvalue weighted by atomic mass is 10.0. The predicted molar refractivity (Wildman–Crippen MR) is 77.0 cm³/mol. The Labute approximate surface area is 130 Å². The molecule has 0 aliphatic heterocycles. The van der Waals surface area contributed by atoms with E-state index in [1.807, 2.05) is 0 Å². The van der Waals surface area contributed by atoms with Crippen LogP contribution in [0.2, 0.25) is 0 Å². The fourth-order valence-electron chi connectivity index (χ4n) is 1.65. The van der Waals surface area contributed by atoms with E-state index in [-0.39, 0.29) is 5.92 Å². The first kappa shape index (κ1) is 18.7. The van der Waals surface area contributed by atoms with Gasteiger partial charge < -0.3 is 10.6 Å². The van der Waals surface area contributed by atoms with Crippen molar-refractivity contribution >= 4 is 17.4 Å². The van der Waals surface area contributed by atoms with Gasteiger partial charge in [-0.25, -0.2) is 4.39 Å². The summed E-state index contributed by atoms with van der Waals surface area (Å²) in [4.78, 5) is 22.8. The zero-order chi connectivity index (χ0) is 17.6. The third kappa shape index (κ3) is 6.09. The van der Waals surface area contributed by atoms with E-state index in [0.29, 0.717) is 11.8 Å². The van der Waals surface area contributed by atoms with Crippen molar-refractivity contribution in [2.75, 3.05) is 5.32 Å². The van der Waals surface area contributed by atoms with Crippen LogP contribution in [-0.4, -0.2) is 23.9 Å². The van der Waals surface area contributed by atoms with Crippen molar-refractivity contribution < 1.29 is 27.2 Å². The van der Waals surface area contributed by atoms with Gasteiger partial charge in [0, 0.05) is 18.0 Å². The zero-order valence-electron chi connectivity index (χ0n) is 12.4. The largest absolute Gasteiger partial charge is 0.454 e. The first-order valence-corrected chi connectivity index (χ1v) is 6.71. The number of anilines is 1. The van der Waals surface area contributed by atoms with Gasteiger partial charge in [-0.05, 0) is 30.2 Å². The second kappa shape index (κ2) is 7.75. The summed E-state index contributed by atoms with van der Waals surface area (Å²) in [6, 6.07) is 4.17. The van der Waals surface area contributed by atoms with Crippen molar-refractivity contribution in [3.63, 3.8) is 0 Å². The highest BCUT2D eigenvalue weighted by molar-refractivity contribution is 5.96. The molecule has 0 saturated heterocycles. The minimum atomic E-state index is -4.96. The van der Waals surface area contributed by atoms with E-state index < -0.39 is 29.7 Å². The van der Waals surface area contributed by atoms with Crippen molar-refractivity contribution in [3.8, 4) is 0 Å². The van der Waals surface area contributed by atoms with Crippen LogP contribution >= 0.6 is 0 Å². The summed E-state index contributed by atoms with van der Waals surface area (Å²) in [7, 11) is 0. The first-order valence-electron chi connectivity index (χ1n) is 6.71. The molecule has 0 heterocycles. The van der Waals surface area contributed by atoms with Crippen molar-refractivity contribution in [1.82, 2.24) is 5.32 Å². The van der Waals surface area contributed by atoms with Crippen molar-refractivity contribution in [3.05, 3.63) is 42.4 Å². The fraction of sp³-hybridized carbons (Fsp3) is 0.333. The topological polar surface area (TPSA) is 58.2 Å². The second-order valence-corrected chi connectivity index (χ2v) is 5.08. The summed E-state index contributed by atoms with van der Waals surface area (Å²) in [6.45, 7) is 3.36. The Morgan fingerprint density at radius 3 is 2.17 bits per heavy atom. The molecule has 0 aliphatic carbocycles. The molecule has 1 aromatic rings. The van der Waals surface area contributed by atoms with E-state index in [0.717, 1.165) is 18.3 Å². The van der Waals surface area contributed by atoms with Gasteiger partial charge in [0.15, 0.2) is 0 Å². The van der Waals surface area contributed by atoms with Crippen LogP contribution in [0.1, 0.15) is 13.8 Å². The molecule has 8 heteroatoms. The lowest BCUT2D eigenvalue weighted by molar-refractivity contribution is -0.165. The maximum atomic E-state index is 12.8. The SMILES string of the molecule is CC(C)C(NC=CC(=O)C(F)(F)F)C(=O)Nc1ccc(F)cc1. The number of alkyl halides is 3. The number of halogens is 4. The van der Waals surface area contributed by atoms with Gasteiger partial charge in [-0.1, -0.05) is 13.8 Å². The van der Waals surface area contributed by atoms with E-state index in [2.05, 4.69) is 10.6 Å². The van der Waals surface area contributed by atoms with Gasteiger partial charge in [0.25, 0.3) is 5.78 Å². The van der Waals surface area contributed by atoms with E-state index >= 15 is 0 Å². The number of hydrogen-bond acceptors (Lipinski definition) is 3. The molecular formula is C15H16F4N2O2. The monoisotopic (exact) mass is 332 g/mol. The van der Waals surface area contributed by atoms with Gasteiger partial charge in [0.1, 0.15) is 11.9 Å². The predicted octanol–water partition coefficient (Wildman–Crippen LogP) is 3.02. The highest BCUT2D eigenvalue weighted by Crippen LogP contribution is 2.16. The molecule has 1 atom stereocenters. The summed E-state index contributed by atoms with van der Waals surface area (Å²) in [5, 5.41) is 4.98. The number of benzene rings is 1. The smallest absolute Gasteiger partial charge is 0.379 e. The highest BCUT2D eigenvalue weighted by Gasteiger charge is 2.36. The van der Waals surface area contributed by atoms with Gasteiger partial charge >= 0.3 is 6.18 Å². The van der Waals surface area contributed by atoms with E-state index in [1.54, 1.807) is 13.8 Å². The van der Waals surface area contributed by atoms with Gasteiger partial charge in [-0.15, -0.1) is 0 Å². The van der Waals surface area contributed by atoms with Crippen LogP contribution in [-0.2, 0) is 9.59 Å². The quantitative estimate of drug-likeness (QED) is 0.622. The molecule has 2 N–H and O–H groups in total. The van der Waals surface area contributed by atoms with Crippen LogP contribution in [0, 0.1) is 11.7 Å². The number of nitrogens with one attached hydrogen (secondary N) is 2. The first-order chi connectivity index (χ1) is 10.6. The Kier molecular flexibility index (Phi) is 6.29. The molecule has 0 spiro atoms. The van der Waals surface area contributed by atoms with Crippen molar-refractivity contribution in [2.24, 2.45) is 5.92 Å². The average Bonchev–Trinajstić information content (AvgIpc) is 2.44. The summed E-state index contributed by atoms with van der Waals surface area (Å²) in [5.41, 5.74) is 0.346. The number of allylic oxidation sites excluding steroid dienone is 1. The molecular weight excluding hydrogens is 316 g/mol. The minimum absolute atomic E-state index is 0.263. The van der Waals surface area contributed by atoms with Crippen LogP contribution in [0.15, 0.2) is 36.5 Å². The molecule has 1 unspecified atom stereocenters. The van der Waals surface area contributed by atoms with E-state index in [9.17, 15) is 27.2 Å². The number of carbonyl (C=O) groups is 2. The zero-order valence-corrected chi connectivity index (χ0v) is 12.4. The normalized spacial score (nSPS) is 13.2. The van der Waals surface area contributed by atoms with Gasteiger partial charge in [-0.3, -0.25) is 9.59 Å². The van der Waals surface area contributed by atoms with Crippen molar-refractivity contribution in [2.45, 2.75) is 26.1 Å². The molecule has 0 aliphatic rings. The number of carbonyl (C=O) groups excluding carboxylic acids is 2. The van der Waals surface area contributed by atoms with Crippen LogP contribution in [0.5, 0.6) is 0 Å². The molecule has 0 aromatic heterocycles. The molecule has 1 rings (SSSR count). The Morgan fingerprint density at radius 1 is 1.13 bits per heavy atom. The van der Waals surface area contributed by atoms with Gasteiger partial charge in [0.2, 0.25) is 5.91 Å². The average molecular weight is 332 g/mol. The molecule has 0 bridgehead atoms. The van der Waals surface area contributed by atoms with Crippen molar-refractivity contribution in [1.29, 1.82) is 0 Å². The van der Waals surface area contributed by atoms with Crippen LogP contribution in [0.4, 0.5) is 23.2 Å². The molecule has 4 nitrogen and oxygen atoms in total. The Bertz CT molecular complexity index is 580. The summed E-state index contributed by atoms with van der Waals surface area (Å²) >= 11 is 0. The van der Waals surface area contributed by atoms with Crippen LogP contribution in [0.3, 0.4) is 0 Å². The molecule has 1 aromatic carbocycles. The molecule has 0 fully saturated rings. The number of rotatable bonds is 6. The van der Waals surface area contributed by atoms with Gasteiger partial charge in [-0.2, -0.15) is 13.2 Å². The second-order valence-electron chi connectivity index (χ2n) is 5.08. The molecule has 0 radical (unpaired) electrons. The lowest BCUT2D eigenvalue weighted by Crippen LogP contribution is -2.42. The summed E-state index contributed by atoms with van der Waals surface area (Å²) < 4.78 is 49.0. The Morgan fingerprint density at radius 2 is 1.70 bits per heavy atom. The Hall–Kier alpha value is -2.38. The van der Waals surface area contributed by atoms with E-state index in [1.165, 1.54) is 12.1 Å². The van der Waals surface area contributed by atoms with Gasteiger partial charge in [0.05, 0.1) is 0 Å². The molecule has 0 saturated carbocycles. The maximum absolute atomic E-state index is 12.8. The Balaban J connectivity index is 2.70. The highest BCUT2D eigenvalue weighted by atomic mass is 19.4. The van der Waals surface area contributed by atoms with E-state index in [4.69, 9.17) is 0 Å². The fourth-order valence-corrected chi connectivity index (χ4v) is 1.65. The van der Waals surface area contributed by atoms with Crippen LogP contribution < -0.4 is 10.6 Å². The number of hydrogen-bond donors (Lipinski definition) is 2. The lowest BCUT2D eigenvalue weighted by Gasteiger charge is -2.20. The molecule has 23 heavy (non-hydrogen) atoms. The summed E-state index contributed by atoms with van der Waals surface area (Å²) in [5.74, 6) is -3.27. The standard InChI is InChI=1S/C15H16F4N2O2/c1-9(2)13(20-8-7-12(22)15(17,18)19)14(23)21-11-5-3-10(16)4-6-11/h3-9,13,20H,1-2H3,(H,21,23). The third-order valence-electron chi connectivity index (χ3n) is 2.85. The maximum Gasteiger partial charge on any atom is 0.454 e. The molecule has 1 amide bonds. The number of ketones is 1. The third-order valence-corrected chi connectivity index (χ3v) is 2.85. The van der Waals surface area contributed by atoms with Crippen LogP contribution in [0.25, 0.3) is 0 Å². The summed E-state index contributed by atoms with van der Waals surface area (Å²) in [6.07, 6.45) is -3.84.